The van der Waals surface area contributed by atoms with Crippen molar-refractivity contribution in [2.24, 2.45) is 22.7 Å². The quantitative estimate of drug-likeness (QED) is 0.547. The van der Waals surface area contributed by atoms with Gasteiger partial charge in [-0.3, -0.25) is 4.79 Å². The zero-order valence-corrected chi connectivity index (χ0v) is 12.3. The molecule has 0 aliphatic heterocycles. The summed E-state index contributed by atoms with van der Waals surface area (Å²) in [5.41, 5.74) is -0.875. The summed E-state index contributed by atoms with van der Waals surface area (Å²) in [5, 5.41) is 28.8. The van der Waals surface area contributed by atoms with E-state index in [0.717, 1.165) is 32.1 Å². The Hall–Kier alpha value is -1.52. The van der Waals surface area contributed by atoms with Gasteiger partial charge < -0.3 is 15.3 Å². The molecule has 0 amide bonds. The largest absolute Gasteiger partial charge is 0.512 e. The molecule has 4 saturated carbocycles. The van der Waals surface area contributed by atoms with E-state index in [4.69, 9.17) is 5.11 Å². The Morgan fingerprint density at radius 3 is 2.10 bits per heavy atom. The van der Waals surface area contributed by atoms with Gasteiger partial charge in [-0.2, -0.15) is 0 Å². The van der Waals surface area contributed by atoms with E-state index < -0.39 is 17.4 Å². The number of aliphatic hydroxyl groups is 1. The molecule has 4 rings (SSSR count). The van der Waals surface area contributed by atoms with Crippen molar-refractivity contribution in [3.8, 4) is 0 Å². The average molecular weight is 294 g/mol. The van der Waals surface area contributed by atoms with Crippen LogP contribution >= 0.6 is 0 Å². The van der Waals surface area contributed by atoms with Crippen LogP contribution in [0, 0.1) is 22.7 Å². The zero-order chi connectivity index (χ0) is 15.4. The Labute approximate surface area is 123 Å². The monoisotopic (exact) mass is 294 g/mol. The summed E-state index contributed by atoms with van der Waals surface area (Å²) in [7, 11) is 0. The van der Waals surface area contributed by atoms with Gasteiger partial charge in [0.05, 0.1) is 11.0 Å². The Morgan fingerprint density at radius 1 is 1.05 bits per heavy atom. The van der Waals surface area contributed by atoms with E-state index in [2.05, 4.69) is 0 Å². The summed E-state index contributed by atoms with van der Waals surface area (Å²) < 4.78 is 0. The molecule has 3 N–H and O–H groups in total. The lowest BCUT2D eigenvalue weighted by Crippen LogP contribution is -2.55. The molecule has 4 aliphatic rings. The van der Waals surface area contributed by atoms with Crippen molar-refractivity contribution in [1.29, 1.82) is 0 Å². The molecule has 5 nitrogen and oxygen atoms in total. The molecule has 0 radical (unpaired) electrons. The molecular formula is C16H22O5. The Bertz CT molecular complexity index is 519. The highest BCUT2D eigenvalue weighted by molar-refractivity contribution is 5.86. The van der Waals surface area contributed by atoms with Crippen molar-refractivity contribution < 1.29 is 24.9 Å². The van der Waals surface area contributed by atoms with Gasteiger partial charge in [-0.25, -0.2) is 4.79 Å². The lowest BCUT2D eigenvalue weighted by Gasteiger charge is -2.60. The number of allylic oxidation sites excluding steroid dienone is 1. The fourth-order valence-corrected chi connectivity index (χ4v) is 5.52. The van der Waals surface area contributed by atoms with Gasteiger partial charge in [0, 0.05) is 6.42 Å². The number of hydrogen-bond acceptors (Lipinski definition) is 3. The predicted molar refractivity (Wildman–Crippen MR) is 74.8 cm³/mol. The molecule has 0 aromatic heterocycles. The minimum absolute atomic E-state index is 0.0184. The molecule has 5 heteroatoms. The number of hydrogen-bond donors (Lipinski definition) is 3. The van der Waals surface area contributed by atoms with Crippen LogP contribution in [-0.2, 0) is 9.59 Å². The molecule has 2 atom stereocenters. The van der Waals surface area contributed by atoms with Crippen LogP contribution in [0.25, 0.3) is 0 Å². The van der Waals surface area contributed by atoms with Gasteiger partial charge in [0.1, 0.15) is 5.76 Å². The Balaban J connectivity index is 1.90. The van der Waals surface area contributed by atoms with Gasteiger partial charge in [-0.05, 0) is 62.7 Å². The molecule has 2 unspecified atom stereocenters. The molecule has 0 heterocycles. The highest BCUT2D eigenvalue weighted by atomic mass is 16.4. The van der Waals surface area contributed by atoms with E-state index in [-0.39, 0.29) is 16.7 Å². The summed E-state index contributed by atoms with van der Waals surface area (Å²) in [6, 6.07) is 0. The maximum absolute atomic E-state index is 11.8. The molecule has 4 aliphatic carbocycles. The van der Waals surface area contributed by atoms with E-state index in [9.17, 15) is 19.8 Å². The lowest BCUT2D eigenvalue weighted by atomic mass is 9.43. The third-order valence-corrected chi connectivity index (χ3v) is 5.93. The van der Waals surface area contributed by atoms with Crippen LogP contribution in [0.3, 0.4) is 0 Å². The maximum atomic E-state index is 11.8. The van der Waals surface area contributed by atoms with Crippen LogP contribution in [0.4, 0.5) is 0 Å². The first-order chi connectivity index (χ1) is 9.75. The third kappa shape index (κ3) is 2.23. The van der Waals surface area contributed by atoms with Crippen LogP contribution in [0.15, 0.2) is 11.3 Å². The normalized spacial score (nSPS) is 41.8. The van der Waals surface area contributed by atoms with E-state index in [1.165, 1.54) is 6.92 Å². The first-order valence-electron chi connectivity index (χ1n) is 7.61. The molecule has 116 valence electrons. The van der Waals surface area contributed by atoms with Crippen molar-refractivity contribution in [1.82, 2.24) is 0 Å². The van der Waals surface area contributed by atoms with Crippen molar-refractivity contribution in [3.05, 3.63) is 11.3 Å². The van der Waals surface area contributed by atoms with Crippen LogP contribution in [0.5, 0.6) is 0 Å². The third-order valence-electron chi connectivity index (χ3n) is 5.93. The fraction of sp³-hybridized carbons (Fsp3) is 0.750. The number of carboxylic acid groups (broad SMARTS) is 2. The predicted octanol–water partition coefficient (Wildman–Crippen LogP) is 2.96. The molecule has 21 heavy (non-hydrogen) atoms. The lowest BCUT2D eigenvalue weighted by molar-refractivity contribution is -0.175. The molecule has 4 fully saturated rings. The second-order valence-corrected chi connectivity index (χ2v) is 7.60. The molecular weight excluding hydrogens is 272 g/mol. The highest BCUT2D eigenvalue weighted by Gasteiger charge is 2.60. The van der Waals surface area contributed by atoms with Crippen LogP contribution in [-0.4, -0.2) is 27.3 Å². The fourth-order valence-electron chi connectivity index (χ4n) is 5.52. The number of carboxylic acids is 2. The number of rotatable bonds is 4. The van der Waals surface area contributed by atoms with E-state index in [0.29, 0.717) is 24.7 Å². The first kappa shape index (κ1) is 14.4. The number of carbonyl (C=O) groups is 2. The summed E-state index contributed by atoms with van der Waals surface area (Å²) >= 11 is 0. The SMILES string of the molecule is CC(C(=O)O)=C(O)CC12CC3CC(C1)CC(C(=O)O)(C3)C2. The number of aliphatic carboxylic acids is 2. The van der Waals surface area contributed by atoms with Gasteiger partial charge in [0.25, 0.3) is 0 Å². The van der Waals surface area contributed by atoms with Crippen molar-refractivity contribution in [2.45, 2.75) is 51.9 Å². The molecule has 4 bridgehead atoms. The minimum atomic E-state index is -1.11. The van der Waals surface area contributed by atoms with Crippen LogP contribution in [0.1, 0.15) is 51.9 Å². The molecule has 0 saturated heterocycles. The summed E-state index contributed by atoms with van der Waals surface area (Å²) in [6.07, 6.45) is 5.35. The first-order valence-corrected chi connectivity index (χ1v) is 7.61. The summed E-state index contributed by atoms with van der Waals surface area (Å²) in [5.74, 6) is -1.06. The zero-order valence-electron chi connectivity index (χ0n) is 12.3. The second-order valence-electron chi connectivity index (χ2n) is 7.60. The van der Waals surface area contributed by atoms with Crippen molar-refractivity contribution in [2.75, 3.05) is 0 Å². The van der Waals surface area contributed by atoms with Crippen LogP contribution < -0.4 is 0 Å². The minimum Gasteiger partial charge on any atom is -0.512 e. The highest BCUT2D eigenvalue weighted by Crippen LogP contribution is 2.66. The molecule has 0 aromatic rings. The second kappa shape index (κ2) is 4.49. The topological polar surface area (TPSA) is 94.8 Å². The maximum Gasteiger partial charge on any atom is 0.334 e. The van der Waals surface area contributed by atoms with E-state index in [1.807, 2.05) is 0 Å². The van der Waals surface area contributed by atoms with Crippen molar-refractivity contribution in [3.63, 3.8) is 0 Å². The number of aliphatic hydroxyl groups excluding tert-OH is 1. The van der Waals surface area contributed by atoms with Gasteiger partial charge in [0.2, 0.25) is 0 Å². The average Bonchev–Trinajstić information content (AvgIpc) is 2.35. The van der Waals surface area contributed by atoms with Gasteiger partial charge in [0.15, 0.2) is 0 Å². The van der Waals surface area contributed by atoms with E-state index in [1.54, 1.807) is 0 Å². The van der Waals surface area contributed by atoms with E-state index >= 15 is 0 Å². The van der Waals surface area contributed by atoms with Crippen molar-refractivity contribution >= 4 is 11.9 Å². The Morgan fingerprint density at radius 2 is 1.62 bits per heavy atom. The summed E-state index contributed by atoms with van der Waals surface area (Å²) in [4.78, 5) is 22.7. The Kier molecular flexibility index (Phi) is 3.08. The molecule has 0 spiro atoms. The van der Waals surface area contributed by atoms with Gasteiger partial charge in [-0.1, -0.05) is 0 Å². The van der Waals surface area contributed by atoms with Crippen LogP contribution in [0.2, 0.25) is 0 Å². The standard InChI is InChI=1S/C16H22O5/c1-9(13(18)19)12(17)7-15-3-10-2-11(4-15)6-16(5-10,8-15)14(20)21/h10-11,17H,2-8H2,1H3,(H,18,19)(H,20,21). The smallest absolute Gasteiger partial charge is 0.334 e. The summed E-state index contributed by atoms with van der Waals surface area (Å²) in [6.45, 7) is 1.41. The van der Waals surface area contributed by atoms with Gasteiger partial charge in [-0.15, -0.1) is 0 Å². The molecule has 0 aromatic carbocycles. The van der Waals surface area contributed by atoms with Gasteiger partial charge >= 0.3 is 11.9 Å².